The number of hydrogen-bond donors (Lipinski definition) is 10. The summed E-state index contributed by atoms with van der Waals surface area (Å²) in [6.07, 6.45) is 3.67. The molecule has 5 aromatic carbocycles. The van der Waals surface area contributed by atoms with Gasteiger partial charge in [0.05, 0.1) is 75.7 Å². The van der Waals surface area contributed by atoms with Crippen LogP contribution in [0.5, 0.6) is 23.0 Å². The topological polar surface area (TPSA) is 462 Å². The number of sulfonamides is 4. The van der Waals surface area contributed by atoms with Crippen molar-refractivity contribution in [2.45, 2.75) is 131 Å². The van der Waals surface area contributed by atoms with Crippen molar-refractivity contribution in [3.8, 4) is 23.0 Å². The van der Waals surface area contributed by atoms with Gasteiger partial charge in [0.2, 0.25) is 0 Å². The third-order valence-corrected chi connectivity index (χ3v) is 21.3. The lowest BCUT2D eigenvalue weighted by atomic mass is 9.93. The van der Waals surface area contributed by atoms with Gasteiger partial charge in [-0.05, 0) is 104 Å². The fraction of sp³-hybridized carbons (Fsp3) is 0.451. The second-order valence-corrected chi connectivity index (χ2v) is 34.0. The maximum atomic E-state index is 12.2. The first-order valence-electron chi connectivity index (χ1n) is 33.6. The number of nitrogens with zero attached hydrogens (tertiary/aromatic N) is 5. The van der Waals surface area contributed by atoms with Gasteiger partial charge < -0.3 is 78.5 Å². The van der Waals surface area contributed by atoms with Crippen LogP contribution in [0.15, 0.2) is 127 Å². The normalized spacial score (nSPS) is 16.8. The number of nitrogens with one attached hydrogen (secondary N) is 5. The van der Waals surface area contributed by atoms with Crippen LogP contribution in [0, 0.1) is 16.2 Å². The Kier molecular flexibility index (Phi) is 28.8. The van der Waals surface area contributed by atoms with E-state index in [2.05, 4.69) is 69.8 Å². The molecule has 105 heavy (non-hydrogen) atoms. The van der Waals surface area contributed by atoms with E-state index >= 15 is 0 Å². The number of hydrogen-bond acceptors (Lipinski definition) is 20. The van der Waals surface area contributed by atoms with Gasteiger partial charge in [-0.1, -0.05) is 128 Å². The number of amides is 6. The molecule has 1 saturated heterocycles. The summed E-state index contributed by atoms with van der Waals surface area (Å²) in [6, 6.07) is 28.2. The van der Waals surface area contributed by atoms with Crippen LogP contribution in [0.2, 0.25) is 0 Å². The first-order chi connectivity index (χ1) is 48.7. The summed E-state index contributed by atoms with van der Waals surface area (Å²) < 4.78 is 131. The molecule has 0 aliphatic carbocycles. The van der Waals surface area contributed by atoms with Gasteiger partial charge in [0.1, 0.15) is 59.6 Å². The van der Waals surface area contributed by atoms with Crippen LogP contribution in [0.4, 0.5) is 14.4 Å². The summed E-state index contributed by atoms with van der Waals surface area (Å²) in [7, 11) is -14.3. The maximum absolute atomic E-state index is 12.2. The molecule has 30 nitrogen and oxygen atoms in total. The molecule has 0 aromatic heterocycles. The Morgan fingerprint density at radius 1 is 0.524 bits per heavy atom. The molecule has 1 atom stereocenters. The van der Waals surface area contributed by atoms with Crippen LogP contribution in [-0.4, -0.2) is 150 Å². The predicted octanol–water partition coefficient (Wildman–Crippen LogP) is 7.21. The zero-order chi connectivity index (χ0) is 76.6. The van der Waals surface area contributed by atoms with Crippen LogP contribution < -0.4 is 68.5 Å². The number of urea groups is 3. The number of aryl methyl sites for hydroxylation is 1. The number of benzene rings is 5. The fourth-order valence-corrected chi connectivity index (χ4v) is 15.3. The maximum Gasteiger partial charge on any atom is 0.317 e. The number of aliphatic hydroxyl groups excluding tert-OH is 1. The lowest BCUT2D eigenvalue weighted by Gasteiger charge is -2.26. The highest BCUT2D eigenvalue weighted by Crippen LogP contribution is 2.35. The van der Waals surface area contributed by atoms with Crippen molar-refractivity contribution < 1.29 is 72.1 Å². The summed E-state index contributed by atoms with van der Waals surface area (Å²) in [5, 5.41) is 23.6. The summed E-state index contributed by atoms with van der Waals surface area (Å²) in [5.74, 6) is 0.887. The van der Waals surface area contributed by atoms with Crippen molar-refractivity contribution in [3.05, 3.63) is 165 Å². The van der Waals surface area contributed by atoms with Gasteiger partial charge >= 0.3 is 18.1 Å². The molecule has 574 valence electrons. The lowest BCUT2D eigenvalue weighted by Crippen LogP contribution is -2.45. The summed E-state index contributed by atoms with van der Waals surface area (Å²) in [4.78, 5) is 37.7. The molecule has 5 aliphatic rings. The van der Waals surface area contributed by atoms with E-state index in [1.807, 2.05) is 53.7 Å². The number of nitrogens with two attached hydrogens (primary N) is 4. The number of ether oxygens (including phenoxy) is 4. The van der Waals surface area contributed by atoms with E-state index < -0.39 is 45.5 Å². The van der Waals surface area contributed by atoms with Crippen molar-refractivity contribution in [1.29, 1.82) is 0 Å². The average Bonchev–Trinajstić information content (AvgIpc) is 1.59. The zero-order valence-electron chi connectivity index (χ0n) is 60.0. The molecule has 0 radical (unpaired) electrons. The van der Waals surface area contributed by atoms with Gasteiger partial charge in [-0.2, -0.15) is 0 Å². The van der Waals surface area contributed by atoms with E-state index in [9.17, 15) is 53.2 Å². The predicted molar refractivity (Wildman–Crippen MR) is 408 cm³/mol. The molecule has 0 spiro atoms. The molecule has 6 amide bonds. The molecular weight excluding hydrogens is 1430 g/mol. The third-order valence-electron chi connectivity index (χ3n) is 16.7. The average molecular weight is 1530 g/mol. The van der Waals surface area contributed by atoms with Gasteiger partial charge in [0.25, 0.3) is 40.1 Å². The van der Waals surface area contributed by atoms with Gasteiger partial charge in [-0.15, -0.1) is 17.6 Å². The number of amidine groups is 4. The number of rotatable bonds is 23. The van der Waals surface area contributed by atoms with Crippen LogP contribution in [0.25, 0.3) is 0 Å². The molecule has 0 unspecified atom stereocenters. The number of likely N-dealkylation sites (tertiary alicyclic amines) is 1. The largest absolute Gasteiger partial charge is 0.512 e. The Hall–Kier alpha value is -9.67. The van der Waals surface area contributed by atoms with Crippen LogP contribution in [-0.2, 0) is 76.1 Å². The van der Waals surface area contributed by atoms with Crippen LogP contribution in [0.1, 0.15) is 145 Å². The van der Waals surface area contributed by atoms with E-state index in [0.29, 0.717) is 127 Å². The molecule has 34 heteroatoms. The van der Waals surface area contributed by atoms with E-state index in [1.165, 1.54) is 5.56 Å². The lowest BCUT2D eigenvalue weighted by molar-refractivity contribution is 0.159. The smallest absolute Gasteiger partial charge is 0.317 e. The third kappa shape index (κ3) is 24.5. The fourth-order valence-electron chi connectivity index (χ4n) is 10.9. The second-order valence-electron chi connectivity index (χ2n) is 27.4. The molecule has 14 N–H and O–H groups in total. The minimum Gasteiger partial charge on any atom is -0.512 e. The minimum atomic E-state index is -3.60. The highest BCUT2D eigenvalue weighted by molar-refractivity contribution is 7.90. The number of carbonyl (C=O) groups excluding carboxylic acids is 3. The van der Waals surface area contributed by atoms with Crippen molar-refractivity contribution in [3.63, 3.8) is 0 Å². The number of carbonyl (C=O) groups is 3. The Balaban J connectivity index is 0.000000221. The first kappa shape index (κ1) is 84.3. The Morgan fingerprint density at radius 2 is 0.886 bits per heavy atom. The summed E-state index contributed by atoms with van der Waals surface area (Å²) in [5.41, 5.74) is 28.6. The highest BCUT2D eigenvalue weighted by atomic mass is 32.2. The highest BCUT2D eigenvalue weighted by Gasteiger charge is 2.34. The molecule has 1 fully saturated rings. The van der Waals surface area contributed by atoms with Crippen molar-refractivity contribution in [2.75, 3.05) is 59.2 Å². The molecule has 5 heterocycles. The second kappa shape index (κ2) is 35.9. The van der Waals surface area contributed by atoms with E-state index in [0.717, 1.165) is 31.2 Å². The Bertz CT molecular complexity index is 4580. The standard InChI is InChI=1S/C23H30N4O4S.C17H24N4O4S.C16H24N4O4S.C14H18N2O4S.CH4/c1-4-16-8-10-17(11-9-16)12-25-22(28)26-14-23(2,3)15-31-19-7-5-6-18-13-32(29,30)27-21(24)20(18)19;1-2-8-19-17(22)21-9-4-6-13(21)10-25-14-7-3-5-12-11-26(23,24)20-16(18)15(12)14;1-4-18-15(21)19-9-16(2,3)10-24-12-7-5-6-11-8-25(22,23)20-14(17)13(11)12;1-9(17)14(2,3)8-20-11-6-4-5-10-7-21(18,19)16-13(15)12(10)11;/h5-11H,4,12-15H2,1-3H3,(H2,24,27)(H2,25,26,28);3,5,7,13H,2,4,6,8-11H2,1H3,(H2,18,20)(H,19,22);5-7H,4,8-10H2,1-3H3,(H2,17,20)(H2,18,19,21);4-6,17H,1,7-8H2,2-3H3,(H2,15,16);1H4/t;13-;;;/m.0.../s1. The zero-order valence-corrected chi connectivity index (χ0v) is 63.3. The minimum absolute atomic E-state index is 0. The van der Waals surface area contributed by atoms with Crippen molar-refractivity contribution in [1.82, 2.24) is 31.5 Å². The molecular formula is C71H100N14O16S4. The Morgan fingerprint density at radius 3 is 1.25 bits per heavy atom. The van der Waals surface area contributed by atoms with Gasteiger partial charge in [-0.25, -0.2) is 48.1 Å². The first-order valence-corrected chi connectivity index (χ1v) is 40.1. The van der Waals surface area contributed by atoms with Gasteiger partial charge in [-0.3, -0.25) is 0 Å². The van der Waals surface area contributed by atoms with Crippen LogP contribution in [0.3, 0.4) is 0 Å². The van der Waals surface area contributed by atoms with Gasteiger partial charge in [0, 0.05) is 50.1 Å². The van der Waals surface area contributed by atoms with E-state index in [1.54, 1.807) is 91.5 Å². The molecule has 10 rings (SSSR count). The molecule has 0 bridgehead atoms. The SMILES string of the molecule is C.C=C(O)C(C)(C)COc1cccc2c1C(N)=NS(=O)(=O)C2.CCCNC(=O)N1CCC[C@H]1COc1cccc2c1C(N)=NS(=O)(=O)C2.CCNC(=O)NCC(C)(C)COc1cccc2c1C(N)=NS(=O)(=O)C2.CCc1ccc(CNC(=O)NCC(C)(C)COc2cccc3c2C(N)=NS(=O)(=O)C3)cc1. The monoisotopic (exact) mass is 1530 g/mol. The molecule has 5 aromatic rings. The Labute approximate surface area is 616 Å². The van der Waals surface area contributed by atoms with Gasteiger partial charge in [0.15, 0.2) is 0 Å². The number of fused-ring (bicyclic) bond motifs is 4. The van der Waals surface area contributed by atoms with Crippen molar-refractivity contribution in [2.24, 2.45) is 56.8 Å². The quantitative estimate of drug-likeness (QED) is 0.0289. The molecule has 0 saturated carbocycles. The van der Waals surface area contributed by atoms with Crippen molar-refractivity contribution >= 4 is 81.5 Å². The summed E-state index contributed by atoms with van der Waals surface area (Å²) in [6.45, 7) is 25.2. The van der Waals surface area contributed by atoms with Crippen LogP contribution >= 0.6 is 0 Å². The van der Waals surface area contributed by atoms with E-state index in [4.69, 9.17) is 41.9 Å². The number of aliphatic hydroxyl groups is 1. The molecule has 5 aliphatic heterocycles. The summed E-state index contributed by atoms with van der Waals surface area (Å²) >= 11 is 0. The van der Waals surface area contributed by atoms with E-state index in [-0.39, 0.29) is 101 Å².